The summed E-state index contributed by atoms with van der Waals surface area (Å²) in [5.74, 6) is 0.0837. The van der Waals surface area contributed by atoms with Crippen molar-refractivity contribution in [1.29, 1.82) is 0 Å². The van der Waals surface area contributed by atoms with Crippen LogP contribution in [0.15, 0.2) is 47.2 Å². The van der Waals surface area contributed by atoms with Crippen molar-refractivity contribution in [2.75, 3.05) is 19.6 Å². The lowest BCUT2D eigenvalue weighted by atomic mass is 10.0. The number of pyridine rings is 1. The Bertz CT molecular complexity index is 675. The van der Waals surface area contributed by atoms with Gasteiger partial charge in [-0.2, -0.15) is 0 Å². The average Bonchev–Trinajstić information content (AvgIpc) is 2.55. The minimum atomic E-state index is 0.0259. The van der Waals surface area contributed by atoms with Gasteiger partial charge >= 0.3 is 0 Å². The summed E-state index contributed by atoms with van der Waals surface area (Å²) < 4.78 is 0.991. The van der Waals surface area contributed by atoms with Gasteiger partial charge in [0, 0.05) is 42.1 Å². The summed E-state index contributed by atoms with van der Waals surface area (Å²) in [4.78, 5) is 19.1. The second-order valence-corrected chi connectivity index (χ2v) is 6.38. The van der Waals surface area contributed by atoms with E-state index in [4.69, 9.17) is 0 Å². The number of hydrogen-bond donors (Lipinski definition) is 1. The molecule has 1 unspecified atom stereocenters. The van der Waals surface area contributed by atoms with Gasteiger partial charge in [0.25, 0.3) is 5.91 Å². The van der Waals surface area contributed by atoms with Gasteiger partial charge < -0.3 is 10.2 Å². The second-order valence-electron chi connectivity index (χ2n) is 5.46. The number of rotatable bonds is 2. The molecule has 114 valence electrons. The molecule has 4 nitrogen and oxygen atoms in total. The summed E-state index contributed by atoms with van der Waals surface area (Å²) in [5, 5.41) is 3.36. The molecule has 22 heavy (non-hydrogen) atoms. The number of nitrogens with one attached hydrogen (secondary N) is 1. The van der Waals surface area contributed by atoms with E-state index >= 15 is 0 Å². The molecule has 1 fully saturated rings. The van der Waals surface area contributed by atoms with Crippen molar-refractivity contribution in [3.05, 3.63) is 63.9 Å². The Morgan fingerprint density at radius 1 is 1.41 bits per heavy atom. The molecule has 1 saturated heterocycles. The molecule has 0 bridgehead atoms. The Morgan fingerprint density at radius 2 is 2.27 bits per heavy atom. The molecule has 5 heteroatoms. The average molecular weight is 360 g/mol. The van der Waals surface area contributed by atoms with E-state index in [2.05, 4.69) is 26.2 Å². The maximum atomic E-state index is 13.0. The number of benzene rings is 1. The fourth-order valence-electron chi connectivity index (χ4n) is 2.84. The van der Waals surface area contributed by atoms with E-state index in [1.807, 2.05) is 48.4 Å². The molecule has 1 aromatic heterocycles. The van der Waals surface area contributed by atoms with Crippen LogP contribution >= 0.6 is 15.9 Å². The van der Waals surface area contributed by atoms with Gasteiger partial charge in [-0.25, -0.2) is 0 Å². The van der Waals surface area contributed by atoms with Gasteiger partial charge in [0.05, 0.1) is 6.04 Å². The molecule has 1 aromatic carbocycles. The number of aryl methyl sites for hydroxylation is 1. The molecule has 1 atom stereocenters. The fraction of sp³-hybridized carbons (Fsp3) is 0.294. The number of piperazine rings is 1. The van der Waals surface area contributed by atoms with Crippen molar-refractivity contribution >= 4 is 21.8 Å². The van der Waals surface area contributed by atoms with Crippen LogP contribution in [0.2, 0.25) is 0 Å². The van der Waals surface area contributed by atoms with E-state index in [9.17, 15) is 4.79 Å². The smallest absolute Gasteiger partial charge is 0.254 e. The highest BCUT2D eigenvalue weighted by molar-refractivity contribution is 9.10. The van der Waals surface area contributed by atoms with Gasteiger partial charge in [-0.3, -0.25) is 9.78 Å². The third-order valence-corrected chi connectivity index (χ3v) is 4.49. The first kappa shape index (κ1) is 15.2. The van der Waals surface area contributed by atoms with Crippen molar-refractivity contribution in [2.24, 2.45) is 0 Å². The standard InChI is InChI=1S/C17H18BrN3O/c1-12-9-14(18)4-5-15(12)17(22)21-8-7-20-11-16(21)13-3-2-6-19-10-13/h2-6,9-10,16,20H,7-8,11H2,1H3. The molecule has 3 rings (SSSR count). The number of aromatic nitrogens is 1. The quantitative estimate of drug-likeness (QED) is 0.896. The first-order chi connectivity index (χ1) is 10.7. The summed E-state index contributed by atoms with van der Waals surface area (Å²) in [6.45, 7) is 4.25. The summed E-state index contributed by atoms with van der Waals surface area (Å²) in [6.07, 6.45) is 3.59. The lowest BCUT2D eigenvalue weighted by Crippen LogP contribution is -2.48. The van der Waals surface area contributed by atoms with E-state index in [-0.39, 0.29) is 11.9 Å². The summed E-state index contributed by atoms with van der Waals surface area (Å²) in [7, 11) is 0. The summed E-state index contributed by atoms with van der Waals surface area (Å²) in [6, 6.07) is 9.76. The largest absolute Gasteiger partial charge is 0.329 e. The summed E-state index contributed by atoms with van der Waals surface area (Å²) >= 11 is 3.45. The van der Waals surface area contributed by atoms with E-state index in [0.29, 0.717) is 6.54 Å². The molecule has 1 amide bonds. The van der Waals surface area contributed by atoms with Crippen molar-refractivity contribution in [3.63, 3.8) is 0 Å². The van der Waals surface area contributed by atoms with E-state index in [1.54, 1.807) is 6.20 Å². The second kappa shape index (κ2) is 6.58. The van der Waals surface area contributed by atoms with Gasteiger partial charge in [0.1, 0.15) is 0 Å². The zero-order valence-electron chi connectivity index (χ0n) is 12.4. The number of carbonyl (C=O) groups is 1. The van der Waals surface area contributed by atoms with Crippen LogP contribution in [0.4, 0.5) is 0 Å². The molecule has 0 spiro atoms. The van der Waals surface area contributed by atoms with Crippen LogP contribution in [0.5, 0.6) is 0 Å². The first-order valence-electron chi connectivity index (χ1n) is 7.34. The number of carbonyl (C=O) groups excluding carboxylic acids is 1. The Kier molecular flexibility index (Phi) is 4.55. The third-order valence-electron chi connectivity index (χ3n) is 3.99. The normalized spacial score (nSPS) is 18.3. The molecule has 1 aliphatic heterocycles. The minimum absolute atomic E-state index is 0.0259. The number of amides is 1. The van der Waals surface area contributed by atoms with Crippen molar-refractivity contribution < 1.29 is 4.79 Å². The Hall–Kier alpha value is -1.72. The van der Waals surface area contributed by atoms with Gasteiger partial charge in [0.2, 0.25) is 0 Å². The fourth-order valence-corrected chi connectivity index (χ4v) is 3.32. The lowest BCUT2D eigenvalue weighted by molar-refractivity contribution is 0.0633. The monoisotopic (exact) mass is 359 g/mol. The zero-order valence-corrected chi connectivity index (χ0v) is 14.0. The molecule has 2 heterocycles. The maximum Gasteiger partial charge on any atom is 0.254 e. The van der Waals surface area contributed by atoms with Crippen LogP contribution in [0, 0.1) is 6.92 Å². The Labute approximate surface area is 138 Å². The summed E-state index contributed by atoms with van der Waals surface area (Å²) in [5.41, 5.74) is 2.82. The van der Waals surface area contributed by atoms with Crippen LogP contribution in [0.25, 0.3) is 0 Å². The Morgan fingerprint density at radius 3 is 3.00 bits per heavy atom. The number of halogens is 1. The van der Waals surface area contributed by atoms with Crippen LogP contribution in [-0.4, -0.2) is 35.4 Å². The van der Waals surface area contributed by atoms with Crippen LogP contribution in [-0.2, 0) is 0 Å². The van der Waals surface area contributed by atoms with E-state index < -0.39 is 0 Å². The van der Waals surface area contributed by atoms with E-state index in [0.717, 1.165) is 34.3 Å². The molecule has 0 radical (unpaired) electrons. The van der Waals surface area contributed by atoms with Crippen LogP contribution in [0.3, 0.4) is 0 Å². The lowest BCUT2D eigenvalue weighted by Gasteiger charge is -2.36. The minimum Gasteiger partial charge on any atom is -0.329 e. The molecule has 1 aliphatic rings. The molecule has 0 saturated carbocycles. The van der Waals surface area contributed by atoms with E-state index in [1.165, 1.54) is 0 Å². The highest BCUT2D eigenvalue weighted by Crippen LogP contribution is 2.25. The van der Waals surface area contributed by atoms with Gasteiger partial charge in [0.15, 0.2) is 0 Å². The SMILES string of the molecule is Cc1cc(Br)ccc1C(=O)N1CCNCC1c1cccnc1. The number of nitrogens with zero attached hydrogens (tertiary/aromatic N) is 2. The van der Waals surface area contributed by atoms with Gasteiger partial charge in [-0.1, -0.05) is 22.0 Å². The first-order valence-corrected chi connectivity index (χ1v) is 8.14. The topological polar surface area (TPSA) is 45.2 Å². The zero-order chi connectivity index (χ0) is 15.5. The van der Waals surface area contributed by atoms with Crippen LogP contribution in [0.1, 0.15) is 27.5 Å². The van der Waals surface area contributed by atoms with Crippen molar-refractivity contribution in [2.45, 2.75) is 13.0 Å². The molecule has 0 aliphatic carbocycles. The van der Waals surface area contributed by atoms with Gasteiger partial charge in [-0.15, -0.1) is 0 Å². The maximum absolute atomic E-state index is 13.0. The molecule has 2 aromatic rings. The number of hydrogen-bond acceptors (Lipinski definition) is 3. The van der Waals surface area contributed by atoms with Crippen molar-refractivity contribution in [1.82, 2.24) is 15.2 Å². The molecule has 1 N–H and O–H groups in total. The van der Waals surface area contributed by atoms with Crippen LogP contribution < -0.4 is 5.32 Å². The highest BCUT2D eigenvalue weighted by atomic mass is 79.9. The highest BCUT2D eigenvalue weighted by Gasteiger charge is 2.29. The Balaban J connectivity index is 1.92. The molecular formula is C17H18BrN3O. The van der Waals surface area contributed by atoms with Gasteiger partial charge in [-0.05, 0) is 42.3 Å². The predicted molar refractivity (Wildman–Crippen MR) is 89.8 cm³/mol. The van der Waals surface area contributed by atoms with Crippen molar-refractivity contribution in [3.8, 4) is 0 Å². The molecular weight excluding hydrogens is 342 g/mol. The predicted octanol–water partition coefficient (Wildman–Crippen LogP) is 2.94. The third kappa shape index (κ3) is 3.05.